The van der Waals surface area contributed by atoms with E-state index in [4.69, 9.17) is 15.0 Å². The topological polar surface area (TPSA) is 83.8 Å². The Morgan fingerprint density at radius 1 is 1.00 bits per heavy atom. The quantitative estimate of drug-likeness (QED) is 0.378. The molecule has 2 aromatic rings. The van der Waals surface area contributed by atoms with E-state index in [0.717, 1.165) is 25.7 Å². The zero-order chi connectivity index (χ0) is 19.5. The highest BCUT2D eigenvalue weighted by molar-refractivity contribution is 6.05. The van der Waals surface area contributed by atoms with Gasteiger partial charge in [-0.15, -0.1) is 0 Å². The van der Waals surface area contributed by atoms with E-state index in [1.807, 2.05) is 18.2 Å². The van der Waals surface area contributed by atoms with Crippen molar-refractivity contribution in [2.45, 2.75) is 39.5 Å². The third-order valence-corrected chi connectivity index (χ3v) is 3.98. The molecular weight excluding hydrogens is 342 g/mol. The van der Waals surface area contributed by atoms with Gasteiger partial charge in [-0.25, -0.2) is 5.53 Å². The summed E-state index contributed by atoms with van der Waals surface area (Å²) in [6.45, 7) is 5.21. The summed E-state index contributed by atoms with van der Waals surface area (Å²) in [7, 11) is 0. The summed E-state index contributed by atoms with van der Waals surface area (Å²) in [6, 6.07) is 12.3. The maximum Gasteiger partial charge on any atom is 0.255 e. The van der Waals surface area contributed by atoms with Gasteiger partial charge in [-0.2, -0.15) is 5.11 Å². The predicted molar refractivity (Wildman–Crippen MR) is 106 cm³/mol. The molecule has 0 heterocycles. The lowest BCUT2D eigenvalue weighted by molar-refractivity contribution is 0.102. The minimum atomic E-state index is -0.231. The van der Waals surface area contributed by atoms with Gasteiger partial charge in [-0.1, -0.05) is 44.9 Å². The van der Waals surface area contributed by atoms with Crippen LogP contribution in [0.15, 0.2) is 47.6 Å². The van der Waals surface area contributed by atoms with E-state index >= 15 is 0 Å². The Morgan fingerprint density at radius 3 is 2.22 bits per heavy atom. The fraction of sp³-hybridized carbons (Fsp3) is 0.381. The molecule has 2 N–H and O–H groups in total. The summed E-state index contributed by atoms with van der Waals surface area (Å²) in [5.41, 5.74) is 8.88. The molecule has 0 radical (unpaired) electrons. The van der Waals surface area contributed by atoms with Crippen molar-refractivity contribution in [2.75, 3.05) is 18.5 Å². The molecule has 0 aromatic heterocycles. The second kappa shape index (κ2) is 11.0. The molecule has 0 atom stereocenters. The van der Waals surface area contributed by atoms with Crippen LogP contribution in [0.5, 0.6) is 11.5 Å². The average molecular weight is 369 g/mol. The standard InChI is InChI=1S/C21H27N3O3/c1-3-5-12-26-19-15-18(24-22)20(27-13-6-4-2)14-17(19)23-21(25)16-10-8-7-9-11-16/h7-11,14-15,22H,3-6,12-13H2,1-2H3,(H,23,25). The van der Waals surface area contributed by atoms with Gasteiger partial charge < -0.3 is 14.8 Å². The molecule has 27 heavy (non-hydrogen) atoms. The number of anilines is 1. The van der Waals surface area contributed by atoms with Crippen LogP contribution in [0.3, 0.4) is 0 Å². The summed E-state index contributed by atoms with van der Waals surface area (Å²) in [4.78, 5) is 12.6. The van der Waals surface area contributed by atoms with Crippen molar-refractivity contribution >= 4 is 17.3 Å². The van der Waals surface area contributed by atoms with E-state index in [-0.39, 0.29) is 5.91 Å². The lowest BCUT2D eigenvalue weighted by Crippen LogP contribution is -2.13. The molecule has 2 rings (SSSR count). The monoisotopic (exact) mass is 369 g/mol. The van der Waals surface area contributed by atoms with Gasteiger partial charge in [0, 0.05) is 17.7 Å². The number of nitrogens with zero attached hydrogens (tertiary/aromatic N) is 1. The first kappa shape index (κ1) is 20.4. The van der Waals surface area contributed by atoms with Crippen LogP contribution in [0.2, 0.25) is 0 Å². The van der Waals surface area contributed by atoms with Gasteiger partial charge in [0.05, 0.1) is 18.9 Å². The molecule has 1 amide bonds. The summed E-state index contributed by atoms with van der Waals surface area (Å²) in [5, 5.41) is 6.44. The van der Waals surface area contributed by atoms with Gasteiger partial charge in [0.2, 0.25) is 0 Å². The van der Waals surface area contributed by atoms with Gasteiger partial charge in [0.15, 0.2) is 0 Å². The molecule has 0 spiro atoms. The number of benzene rings is 2. The van der Waals surface area contributed by atoms with Crippen LogP contribution in [0.4, 0.5) is 11.4 Å². The van der Waals surface area contributed by atoms with Gasteiger partial charge in [-0.05, 0) is 25.0 Å². The lowest BCUT2D eigenvalue weighted by atomic mass is 10.2. The number of carbonyl (C=O) groups excluding carboxylic acids is 1. The third kappa shape index (κ3) is 6.09. The highest BCUT2D eigenvalue weighted by atomic mass is 16.5. The molecule has 0 bridgehead atoms. The molecule has 0 unspecified atom stereocenters. The number of hydrogen-bond donors (Lipinski definition) is 2. The molecule has 6 heteroatoms. The zero-order valence-corrected chi connectivity index (χ0v) is 16.0. The van der Waals surface area contributed by atoms with Gasteiger partial charge >= 0.3 is 0 Å². The van der Waals surface area contributed by atoms with E-state index in [1.54, 1.807) is 24.3 Å². The minimum Gasteiger partial charge on any atom is -0.491 e. The molecule has 0 saturated heterocycles. The van der Waals surface area contributed by atoms with Crippen molar-refractivity contribution < 1.29 is 14.3 Å². The Morgan fingerprint density at radius 2 is 1.63 bits per heavy atom. The van der Waals surface area contributed by atoms with Crippen LogP contribution in [0.25, 0.3) is 0 Å². The highest BCUT2D eigenvalue weighted by Crippen LogP contribution is 2.38. The second-order valence-electron chi connectivity index (χ2n) is 6.15. The van der Waals surface area contributed by atoms with Crippen molar-refractivity contribution in [3.05, 3.63) is 48.0 Å². The second-order valence-corrected chi connectivity index (χ2v) is 6.15. The maximum atomic E-state index is 12.6. The largest absolute Gasteiger partial charge is 0.491 e. The summed E-state index contributed by atoms with van der Waals surface area (Å²) in [5.74, 6) is 0.720. The van der Waals surface area contributed by atoms with E-state index in [2.05, 4.69) is 24.3 Å². The predicted octanol–water partition coefficient (Wildman–Crippen LogP) is 5.96. The fourth-order valence-corrected chi connectivity index (χ4v) is 2.41. The SMILES string of the molecule is CCCCOc1cc(NC(=O)c2ccccc2)c(OCCCC)cc1N=N. The number of carbonyl (C=O) groups is 1. The van der Waals surface area contributed by atoms with Crippen LogP contribution in [-0.4, -0.2) is 19.1 Å². The fourth-order valence-electron chi connectivity index (χ4n) is 2.41. The van der Waals surface area contributed by atoms with Crippen molar-refractivity contribution in [2.24, 2.45) is 5.11 Å². The lowest BCUT2D eigenvalue weighted by Gasteiger charge is -2.16. The number of amides is 1. The number of rotatable bonds is 11. The number of nitrogens with one attached hydrogen (secondary N) is 2. The molecule has 6 nitrogen and oxygen atoms in total. The summed E-state index contributed by atoms with van der Waals surface area (Å²) < 4.78 is 11.6. The van der Waals surface area contributed by atoms with Crippen molar-refractivity contribution in [3.8, 4) is 11.5 Å². The van der Waals surface area contributed by atoms with Crippen LogP contribution in [-0.2, 0) is 0 Å². The van der Waals surface area contributed by atoms with Crippen molar-refractivity contribution in [1.82, 2.24) is 0 Å². The number of unbranched alkanes of at least 4 members (excludes halogenated alkanes) is 2. The van der Waals surface area contributed by atoms with Crippen molar-refractivity contribution in [3.63, 3.8) is 0 Å². The molecule has 0 saturated carbocycles. The van der Waals surface area contributed by atoms with E-state index in [0.29, 0.717) is 41.7 Å². The number of ether oxygens (including phenoxy) is 2. The van der Waals surface area contributed by atoms with E-state index < -0.39 is 0 Å². The Balaban J connectivity index is 2.29. The Kier molecular flexibility index (Phi) is 8.29. The van der Waals surface area contributed by atoms with Crippen molar-refractivity contribution in [1.29, 1.82) is 5.53 Å². The van der Waals surface area contributed by atoms with E-state index in [1.165, 1.54) is 0 Å². The Bertz CT molecular complexity index is 748. The van der Waals surface area contributed by atoms with Crippen LogP contribution in [0.1, 0.15) is 49.9 Å². The Labute approximate surface area is 160 Å². The zero-order valence-electron chi connectivity index (χ0n) is 16.0. The highest BCUT2D eigenvalue weighted by Gasteiger charge is 2.15. The molecule has 0 aliphatic carbocycles. The minimum absolute atomic E-state index is 0.231. The molecule has 144 valence electrons. The smallest absolute Gasteiger partial charge is 0.255 e. The van der Waals surface area contributed by atoms with Crippen LogP contribution >= 0.6 is 0 Å². The summed E-state index contributed by atoms with van der Waals surface area (Å²) in [6.07, 6.45) is 3.80. The third-order valence-electron chi connectivity index (χ3n) is 3.98. The van der Waals surface area contributed by atoms with Gasteiger partial charge in [-0.3, -0.25) is 4.79 Å². The Hall–Kier alpha value is -2.89. The average Bonchev–Trinajstić information content (AvgIpc) is 2.70. The molecule has 2 aromatic carbocycles. The van der Waals surface area contributed by atoms with Gasteiger partial charge in [0.25, 0.3) is 5.91 Å². The first-order valence-corrected chi connectivity index (χ1v) is 9.37. The van der Waals surface area contributed by atoms with Crippen LogP contribution < -0.4 is 14.8 Å². The maximum absolute atomic E-state index is 12.6. The molecular formula is C21H27N3O3. The summed E-state index contributed by atoms with van der Waals surface area (Å²) >= 11 is 0. The molecule has 0 aliphatic rings. The van der Waals surface area contributed by atoms with Gasteiger partial charge in [0.1, 0.15) is 17.2 Å². The number of hydrogen-bond acceptors (Lipinski definition) is 5. The first-order chi connectivity index (χ1) is 13.2. The molecule has 0 fully saturated rings. The molecule has 0 aliphatic heterocycles. The first-order valence-electron chi connectivity index (χ1n) is 9.37. The normalized spacial score (nSPS) is 10.3. The van der Waals surface area contributed by atoms with E-state index in [9.17, 15) is 4.79 Å². The van der Waals surface area contributed by atoms with Crippen LogP contribution in [0, 0.1) is 5.53 Å².